The number of aromatic nitrogens is 1. The number of methoxy groups -OCH3 is 1. The molecule has 1 aliphatic heterocycles. The van der Waals surface area contributed by atoms with Gasteiger partial charge in [0.05, 0.1) is 30.4 Å². The van der Waals surface area contributed by atoms with Gasteiger partial charge in [0, 0.05) is 37.9 Å². The number of rotatable bonds is 5. The van der Waals surface area contributed by atoms with Crippen LogP contribution in [0.15, 0.2) is 30.5 Å². The van der Waals surface area contributed by atoms with Crippen molar-refractivity contribution >= 4 is 23.3 Å². The fourth-order valence-corrected chi connectivity index (χ4v) is 3.38. The second-order valence-electron chi connectivity index (χ2n) is 6.22. The lowest BCUT2D eigenvalue weighted by Crippen LogP contribution is -2.49. The van der Waals surface area contributed by atoms with Gasteiger partial charge in [-0.15, -0.1) is 0 Å². The predicted molar refractivity (Wildman–Crippen MR) is 106 cm³/mol. The first-order valence-corrected chi connectivity index (χ1v) is 9.35. The van der Waals surface area contributed by atoms with Crippen LogP contribution in [0.3, 0.4) is 0 Å². The molecule has 7 nitrogen and oxygen atoms in total. The Morgan fingerprint density at radius 1 is 1.29 bits per heavy atom. The number of benzene rings is 1. The van der Waals surface area contributed by atoms with E-state index in [0.29, 0.717) is 60.4 Å². The first kappa shape index (κ1) is 19.8. The average Bonchev–Trinajstić information content (AvgIpc) is 2.74. The van der Waals surface area contributed by atoms with Crippen LogP contribution in [0, 0.1) is 11.3 Å². The van der Waals surface area contributed by atoms with Crippen LogP contribution in [-0.2, 0) is 0 Å². The predicted octanol–water partition coefficient (Wildman–Crippen LogP) is 2.98. The standard InChI is InChI=1S/C20H21ClN4O3/c1-3-28-19-16(21)11-15(12-17(19)27-2)20(26)25-8-6-24(7-9-25)18-10-14(13-22)4-5-23-18/h4-5,10-12H,3,6-9H2,1-2H3. The lowest BCUT2D eigenvalue weighted by Gasteiger charge is -2.35. The number of amides is 1. The number of carbonyl (C=O) groups excluding carboxylic acids is 1. The Balaban J connectivity index is 1.71. The smallest absolute Gasteiger partial charge is 0.254 e. The van der Waals surface area contributed by atoms with Crippen molar-refractivity contribution < 1.29 is 14.3 Å². The summed E-state index contributed by atoms with van der Waals surface area (Å²) < 4.78 is 10.8. The van der Waals surface area contributed by atoms with Crippen LogP contribution in [0.1, 0.15) is 22.8 Å². The van der Waals surface area contributed by atoms with Crippen LogP contribution in [0.25, 0.3) is 0 Å². The first-order chi connectivity index (χ1) is 13.6. The minimum atomic E-state index is -0.110. The molecule has 2 aromatic rings. The average molecular weight is 401 g/mol. The molecule has 2 heterocycles. The van der Waals surface area contributed by atoms with E-state index in [1.807, 2.05) is 6.92 Å². The van der Waals surface area contributed by atoms with Gasteiger partial charge in [-0.05, 0) is 31.2 Å². The number of ether oxygens (including phenoxy) is 2. The van der Waals surface area contributed by atoms with Gasteiger partial charge in [-0.2, -0.15) is 5.26 Å². The lowest BCUT2D eigenvalue weighted by molar-refractivity contribution is 0.0746. The van der Waals surface area contributed by atoms with Gasteiger partial charge < -0.3 is 19.3 Å². The first-order valence-electron chi connectivity index (χ1n) is 8.98. The SMILES string of the molecule is CCOc1c(Cl)cc(C(=O)N2CCN(c3cc(C#N)ccn3)CC2)cc1OC. The molecule has 1 saturated heterocycles. The molecule has 1 aliphatic rings. The third-order valence-electron chi connectivity index (χ3n) is 4.53. The van der Waals surface area contributed by atoms with Gasteiger partial charge in [0.15, 0.2) is 11.5 Å². The van der Waals surface area contributed by atoms with Crippen LogP contribution in [0.4, 0.5) is 5.82 Å². The number of hydrogen-bond donors (Lipinski definition) is 0. The molecule has 0 radical (unpaired) electrons. The minimum Gasteiger partial charge on any atom is -0.493 e. The zero-order valence-electron chi connectivity index (χ0n) is 15.8. The normalized spacial score (nSPS) is 13.8. The number of nitrogens with zero attached hydrogens (tertiary/aromatic N) is 4. The van der Waals surface area contributed by atoms with E-state index in [4.69, 9.17) is 26.3 Å². The number of carbonyl (C=O) groups is 1. The Morgan fingerprint density at radius 3 is 2.68 bits per heavy atom. The number of nitriles is 1. The van der Waals surface area contributed by atoms with Gasteiger partial charge in [-0.3, -0.25) is 4.79 Å². The fraction of sp³-hybridized carbons (Fsp3) is 0.350. The minimum absolute atomic E-state index is 0.110. The Hall–Kier alpha value is -2.98. The van der Waals surface area contributed by atoms with Gasteiger partial charge >= 0.3 is 0 Å². The van der Waals surface area contributed by atoms with E-state index >= 15 is 0 Å². The molecule has 0 N–H and O–H groups in total. The van der Waals surface area contributed by atoms with Gasteiger partial charge in [-0.1, -0.05) is 11.6 Å². The Morgan fingerprint density at radius 2 is 2.04 bits per heavy atom. The number of pyridine rings is 1. The molecule has 1 amide bonds. The largest absolute Gasteiger partial charge is 0.493 e. The van der Waals surface area contributed by atoms with Crippen molar-refractivity contribution in [2.45, 2.75) is 6.92 Å². The summed E-state index contributed by atoms with van der Waals surface area (Å²) >= 11 is 6.29. The lowest BCUT2D eigenvalue weighted by atomic mass is 10.1. The van der Waals surface area contributed by atoms with E-state index in [-0.39, 0.29) is 5.91 Å². The van der Waals surface area contributed by atoms with Gasteiger partial charge in [-0.25, -0.2) is 4.98 Å². The monoisotopic (exact) mass is 400 g/mol. The van der Waals surface area contributed by atoms with Crippen LogP contribution in [0.2, 0.25) is 5.02 Å². The maximum Gasteiger partial charge on any atom is 0.254 e. The summed E-state index contributed by atoms with van der Waals surface area (Å²) in [6, 6.07) is 8.82. The van der Waals surface area contributed by atoms with Crippen molar-refractivity contribution in [3.63, 3.8) is 0 Å². The molecule has 1 fully saturated rings. The molecule has 0 saturated carbocycles. The molecule has 1 aromatic heterocycles. The highest BCUT2D eigenvalue weighted by atomic mass is 35.5. The number of hydrogen-bond acceptors (Lipinski definition) is 6. The van der Waals surface area contributed by atoms with Crippen LogP contribution in [-0.4, -0.2) is 55.7 Å². The van der Waals surface area contributed by atoms with Gasteiger partial charge in [0.25, 0.3) is 5.91 Å². The summed E-state index contributed by atoms with van der Waals surface area (Å²) in [7, 11) is 1.52. The van der Waals surface area contributed by atoms with Gasteiger partial charge in [0.1, 0.15) is 5.82 Å². The maximum atomic E-state index is 12.9. The number of anilines is 1. The van der Waals surface area contributed by atoms with E-state index in [1.165, 1.54) is 7.11 Å². The fourth-order valence-electron chi connectivity index (χ4n) is 3.11. The summed E-state index contributed by atoms with van der Waals surface area (Å²) in [5, 5.41) is 9.39. The van der Waals surface area contributed by atoms with Crippen molar-refractivity contribution in [3.05, 3.63) is 46.6 Å². The highest BCUT2D eigenvalue weighted by Gasteiger charge is 2.25. The molecule has 0 spiro atoms. The third kappa shape index (κ3) is 4.12. The van der Waals surface area contributed by atoms with Crippen LogP contribution < -0.4 is 14.4 Å². The van der Waals surface area contributed by atoms with Crippen LogP contribution >= 0.6 is 11.6 Å². The van der Waals surface area contributed by atoms with E-state index < -0.39 is 0 Å². The van der Waals surface area contributed by atoms with E-state index in [2.05, 4.69) is 16.0 Å². The van der Waals surface area contributed by atoms with Crippen molar-refractivity contribution in [2.24, 2.45) is 0 Å². The Labute approximate surface area is 169 Å². The van der Waals surface area contributed by atoms with Crippen molar-refractivity contribution in [3.8, 4) is 17.6 Å². The second kappa shape index (κ2) is 8.81. The van der Waals surface area contributed by atoms with E-state index in [0.717, 1.165) is 5.82 Å². The van der Waals surface area contributed by atoms with Gasteiger partial charge in [0.2, 0.25) is 0 Å². The molecule has 1 aromatic carbocycles. The topological polar surface area (TPSA) is 78.7 Å². The zero-order valence-corrected chi connectivity index (χ0v) is 16.6. The third-order valence-corrected chi connectivity index (χ3v) is 4.81. The highest BCUT2D eigenvalue weighted by molar-refractivity contribution is 6.32. The highest BCUT2D eigenvalue weighted by Crippen LogP contribution is 2.36. The molecular formula is C20H21ClN4O3. The molecule has 28 heavy (non-hydrogen) atoms. The summed E-state index contributed by atoms with van der Waals surface area (Å²) in [5.74, 6) is 1.52. The quantitative estimate of drug-likeness (QED) is 0.767. The summed E-state index contributed by atoms with van der Waals surface area (Å²) in [6.45, 7) is 4.67. The van der Waals surface area contributed by atoms with Crippen molar-refractivity contribution in [1.82, 2.24) is 9.88 Å². The molecule has 0 unspecified atom stereocenters. The molecule has 0 bridgehead atoms. The molecule has 8 heteroatoms. The van der Waals surface area contributed by atoms with E-state index in [1.54, 1.807) is 35.4 Å². The zero-order chi connectivity index (χ0) is 20.1. The molecule has 0 aliphatic carbocycles. The molecule has 146 valence electrons. The summed E-state index contributed by atoms with van der Waals surface area (Å²) in [4.78, 5) is 21.1. The van der Waals surface area contributed by atoms with E-state index in [9.17, 15) is 4.79 Å². The molecule has 3 rings (SSSR count). The number of piperazine rings is 1. The Kier molecular flexibility index (Phi) is 6.22. The summed E-state index contributed by atoms with van der Waals surface area (Å²) in [5.41, 5.74) is 1.03. The maximum absolute atomic E-state index is 12.9. The molecular weight excluding hydrogens is 380 g/mol. The van der Waals surface area contributed by atoms with Crippen LogP contribution in [0.5, 0.6) is 11.5 Å². The van der Waals surface area contributed by atoms with Crippen molar-refractivity contribution in [1.29, 1.82) is 5.26 Å². The summed E-state index contributed by atoms with van der Waals surface area (Å²) in [6.07, 6.45) is 1.62. The van der Waals surface area contributed by atoms with Crippen molar-refractivity contribution in [2.75, 3.05) is 44.8 Å². The molecule has 0 atom stereocenters. The number of halogens is 1. The second-order valence-corrected chi connectivity index (χ2v) is 6.62. The Bertz CT molecular complexity index is 905.